The van der Waals surface area contributed by atoms with Gasteiger partial charge in [0.15, 0.2) is 0 Å². The van der Waals surface area contributed by atoms with E-state index in [9.17, 15) is 4.79 Å². The maximum atomic E-state index is 11.0. The minimum atomic E-state index is -0.0782. The van der Waals surface area contributed by atoms with Gasteiger partial charge in [-0.3, -0.25) is 4.79 Å². The predicted molar refractivity (Wildman–Crippen MR) is 60.6 cm³/mol. The molecule has 0 aliphatic heterocycles. The van der Waals surface area contributed by atoms with Crippen molar-refractivity contribution < 1.29 is 9.53 Å². The van der Waals surface area contributed by atoms with E-state index in [0.717, 1.165) is 19.3 Å². The molecule has 1 aromatic rings. The molecule has 2 heteroatoms. The van der Waals surface area contributed by atoms with Crippen LogP contribution in [0.5, 0.6) is 0 Å². The number of benzene rings is 1. The van der Waals surface area contributed by atoms with Crippen LogP contribution >= 0.6 is 0 Å². The highest BCUT2D eigenvalue weighted by molar-refractivity contribution is 5.69. The third kappa shape index (κ3) is 5.21. The van der Waals surface area contributed by atoms with Crippen LogP contribution in [0.15, 0.2) is 30.3 Å². The standard InChI is InChI=1S/C13H18O2/c1-2-15-13(14)11-7-6-10-12-8-4-3-5-9-12/h3-5,8-9H,2,6-7,10-11H2,1H3. The quantitative estimate of drug-likeness (QED) is 0.528. The molecular formula is C13H18O2. The van der Waals surface area contributed by atoms with Crippen molar-refractivity contribution in [3.05, 3.63) is 35.9 Å². The van der Waals surface area contributed by atoms with E-state index < -0.39 is 0 Å². The number of rotatable bonds is 6. The first-order chi connectivity index (χ1) is 7.33. The number of unbranched alkanes of at least 4 members (excludes halogenated alkanes) is 1. The fraction of sp³-hybridized carbons (Fsp3) is 0.462. The topological polar surface area (TPSA) is 26.3 Å². The summed E-state index contributed by atoms with van der Waals surface area (Å²) < 4.78 is 4.86. The van der Waals surface area contributed by atoms with E-state index in [1.54, 1.807) is 0 Å². The molecule has 15 heavy (non-hydrogen) atoms. The van der Waals surface area contributed by atoms with Crippen LogP contribution in [0, 0.1) is 0 Å². The summed E-state index contributed by atoms with van der Waals surface area (Å²) in [4.78, 5) is 11.0. The molecule has 82 valence electrons. The largest absolute Gasteiger partial charge is 0.466 e. The van der Waals surface area contributed by atoms with E-state index in [1.165, 1.54) is 5.56 Å². The monoisotopic (exact) mass is 206 g/mol. The van der Waals surface area contributed by atoms with Crippen LogP contribution in [0.2, 0.25) is 0 Å². The number of esters is 1. The summed E-state index contributed by atoms with van der Waals surface area (Å²) in [5.74, 6) is -0.0782. The van der Waals surface area contributed by atoms with E-state index in [2.05, 4.69) is 12.1 Å². The van der Waals surface area contributed by atoms with E-state index in [0.29, 0.717) is 13.0 Å². The van der Waals surface area contributed by atoms with Gasteiger partial charge in [-0.2, -0.15) is 0 Å². The van der Waals surface area contributed by atoms with Gasteiger partial charge in [0.2, 0.25) is 0 Å². The molecule has 0 amide bonds. The smallest absolute Gasteiger partial charge is 0.305 e. The van der Waals surface area contributed by atoms with Gasteiger partial charge in [0.1, 0.15) is 0 Å². The summed E-state index contributed by atoms with van der Waals surface area (Å²) in [7, 11) is 0. The van der Waals surface area contributed by atoms with Gasteiger partial charge >= 0.3 is 5.97 Å². The molecule has 0 spiro atoms. The minimum absolute atomic E-state index is 0.0782. The maximum absolute atomic E-state index is 11.0. The van der Waals surface area contributed by atoms with Crippen LogP contribution in [0.3, 0.4) is 0 Å². The van der Waals surface area contributed by atoms with Gasteiger partial charge in [0.05, 0.1) is 6.61 Å². The summed E-state index contributed by atoms with van der Waals surface area (Å²) in [6.07, 6.45) is 3.54. The highest BCUT2D eigenvalue weighted by Gasteiger charge is 2.00. The molecule has 0 saturated heterocycles. The van der Waals surface area contributed by atoms with E-state index in [4.69, 9.17) is 4.74 Å². The fourth-order valence-electron chi connectivity index (χ4n) is 1.48. The van der Waals surface area contributed by atoms with Crippen molar-refractivity contribution in [2.45, 2.75) is 32.6 Å². The summed E-state index contributed by atoms with van der Waals surface area (Å²) >= 11 is 0. The van der Waals surface area contributed by atoms with Crippen molar-refractivity contribution in [2.24, 2.45) is 0 Å². The molecule has 1 rings (SSSR count). The highest BCUT2D eigenvalue weighted by atomic mass is 16.5. The average molecular weight is 206 g/mol. The summed E-state index contributed by atoms with van der Waals surface area (Å²) in [5.41, 5.74) is 1.33. The molecule has 0 unspecified atom stereocenters. The zero-order valence-electron chi connectivity index (χ0n) is 9.24. The second-order valence-corrected chi connectivity index (χ2v) is 3.50. The van der Waals surface area contributed by atoms with Crippen molar-refractivity contribution in [1.82, 2.24) is 0 Å². The third-order valence-corrected chi connectivity index (χ3v) is 2.24. The zero-order valence-corrected chi connectivity index (χ0v) is 9.24. The molecule has 0 N–H and O–H groups in total. The second kappa shape index (κ2) is 7.04. The lowest BCUT2D eigenvalue weighted by Crippen LogP contribution is -2.03. The number of hydrogen-bond donors (Lipinski definition) is 0. The van der Waals surface area contributed by atoms with E-state index >= 15 is 0 Å². The van der Waals surface area contributed by atoms with Crippen LogP contribution in [-0.4, -0.2) is 12.6 Å². The number of carbonyl (C=O) groups is 1. The lowest BCUT2D eigenvalue weighted by molar-refractivity contribution is -0.143. The Balaban J connectivity index is 2.10. The Hall–Kier alpha value is -1.31. The molecular weight excluding hydrogens is 188 g/mol. The van der Waals surface area contributed by atoms with Gasteiger partial charge in [-0.05, 0) is 31.7 Å². The fourth-order valence-corrected chi connectivity index (χ4v) is 1.48. The molecule has 0 bridgehead atoms. The molecule has 0 aromatic heterocycles. The third-order valence-electron chi connectivity index (χ3n) is 2.24. The Kier molecular flexibility index (Phi) is 5.52. The maximum Gasteiger partial charge on any atom is 0.305 e. The Bertz CT molecular complexity index is 280. The molecule has 0 aliphatic rings. The van der Waals surface area contributed by atoms with Crippen molar-refractivity contribution in [3.63, 3.8) is 0 Å². The minimum Gasteiger partial charge on any atom is -0.466 e. The molecule has 2 nitrogen and oxygen atoms in total. The highest BCUT2D eigenvalue weighted by Crippen LogP contribution is 2.06. The van der Waals surface area contributed by atoms with Gasteiger partial charge in [-0.25, -0.2) is 0 Å². The van der Waals surface area contributed by atoms with Gasteiger partial charge in [-0.1, -0.05) is 30.3 Å². The molecule has 0 fully saturated rings. The molecule has 0 atom stereocenters. The Labute approximate surface area is 91.3 Å². The lowest BCUT2D eigenvalue weighted by atomic mass is 10.1. The molecule has 0 aliphatic carbocycles. The van der Waals surface area contributed by atoms with Crippen LogP contribution in [0.25, 0.3) is 0 Å². The first-order valence-electron chi connectivity index (χ1n) is 5.52. The van der Waals surface area contributed by atoms with E-state index in [1.807, 2.05) is 25.1 Å². The lowest BCUT2D eigenvalue weighted by Gasteiger charge is -2.02. The second-order valence-electron chi connectivity index (χ2n) is 3.50. The van der Waals surface area contributed by atoms with E-state index in [-0.39, 0.29) is 5.97 Å². The van der Waals surface area contributed by atoms with Crippen LogP contribution in [0.1, 0.15) is 31.7 Å². The van der Waals surface area contributed by atoms with Gasteiger partial charge < -0.3 is 4.74 Å². The summed E-state index contributed by atoms with van der Waals surface area (Å²) in [6.45, 7) is 2.32. The number of ether oxygens (including phenoxy) is 1. The Morgan fingerprint density at radius 2 is 1.93 bits per heavy atom. The van der Waals surface area contributed by atoms with Crippen LogP contribution in [-0.2, 0) is 16.0 Å². The van der Waals surface area contributed by atoms with Crippen LogP contribution < -0.4 is 0 Å². The number of carbonyl (C=O) groups excluding carboxylic acids is 1. The normalized spacial score (nSPS) is 9.93. The van der Waals surface area contributed by atoms with Gasteiger partial charge in [0.25, 0.3) is 0 Å². The van der Waals surface area contributed by atoms with Crippen molar-refractivity contribution in [2.75, 3.05) is 6.61 Å². The number of aryl methyl sites for hydroxylation is 1. The molecule has 0 saturated carbocycles. The average Bonchev–Trinajstić information content (AvgIpc) is 2.26. The SMILES string of the molecule is CCOC(=O)CCCCc1ccccc1. The van der Waals surface area contributed by atoms with Crippen molar-refractivity contribution in [1.29, 1.82) is 0 Å². The Morgan fingerprint density at radius 1 is 1.20 bits per heavy atom. The van der Waals surface area contributed by atoms with Crippen LogP contribution in [0.4, 0.5) is 0 Å². The summed E-state index contributed by atoms with van der Waals surface area (Å²) in [6, 6.07) is 10.3. The first kappa shape index (κ1) is 11.8. The number of hydrogen-bond acceptors (Lipinski definition) is 2. The van der Waals surface area contributed by atoms with Gasteiger partial charge in [-0.15, -0.1) is 0 Å². The molecule has 1 aromatic carbocycles. The Morgan fingerprint density at radius 3 is 2.60 bits per heavy atom. The first-order valence-corrected chi connectivity index (χ1v) is 5.52. The van der Waals surface area contributed by atoms with Gasteiger partial charge in [0, 0.05) is 6.42 Å². The van der Waals surface area contributed by atoms with Crippen molar-refractivity contribution in [3.8, 4) is 0 Å². The van der Waals surface area contributed by atoms with Crippen molar-refractivity contribution >= 4 is 5.97 Å². The predicted octanol–water partition coefficient (Wildman–Crippen LogP) is 2.96. The zero-order chi connectivity index (χ0) is 10.9. The summed E-state index contributed by atoms with van der Waals surface area (Å²) in [5, 5.41) is 0. The molecule has 0 radical (unpaired) electrons. The molecule has 0 heterocycles.